The molecule has 4 rings (SSSR count). The maximum absolute atomic E-state index is 12.9. The lowest BCUT2D eigenvalue weighted by Gasteiger charge is -2.36. The van der Waals surface area contributed by atoms with Crippen LogP contribution in [0.15, 0.2) is 35.4 Å². The Morgan fingerprint density at radius 1 is 1.06 bits per heavy atom. The van der Waals surface area contributed by atoms with Crippen molar-refractivity contribution >= 4 is 11.7 Å². The fourth-order valence-electron chi connectivity index (χ4n) is 3.79. The molecule has 162 valence electrons. The molecule has 1 fully saturated rings. The monoisotopic (exact) mass is 422 g/mol. The number of hydrogen-bond donors (Lipinski definition) is 1. The second-order valence-electron chi connectivity index (χ2n) is 7.91. The van der Waals surface area contributed by atoms with E-state index in [1.165, 1.54) is 29.6 Å². The van der Waals surface area contributed by atoms with Crippen LogP contribution in [0.1, 0.15) is 27.2 Å². The zero-order valence-corrected chi connectivity index (χ0v) is 18.2. The smallest absolute Gasteiger partial charge is 0.336 e. The zero-order valence-electron chi connectivity index (χ0n) is 18.2. The Morgan fingerprint density at radius 3 is 2.35 bits per heavy atom. The van der Waals surface area contributed by atoms with E-state index >= 15 is 0 Å². The van der Waals surface area contributed by atoms with Crippen molar-refractivity contribution in [1.82, 2.24) is 24.0 Å². The zero-order chi connectivity index (χ0) is 22.3. The maximum atomic E-state index is 12.9. The molecule has 0 radical (unpaired) electrons. The lowest BCUT2D eigenvalue weighted by atomic mass is 10.1. The molecule has 1 saturated heterocycles. The van der Waals surface area contributed by atoms with Gasteiger partial charge in [0.15, 0.2) is 0 Å². The van der Waals surface area contributed by atoms with Crippen LogP contribution in [0.4, 0.5) is 5.82 Å². The van der Waals surface area contributed by atoms with Crippen LogP contribution < -0.4 is 10.6 Å². The third-order valence-corrected chi connectivity index (χ3v) is 5.82. The molecular weight excluding hydrogens is 396 g/mol. The Hall–Kier alpha value is -3.62. The molecule has 1 N–H and O–H groups in total. The number of aromatic nitrogens is 4. The van der Waals surface area contributed by atoms with E-state index in [9.17, 15) is 14.7 Å². The standard InChI is InChI=1S/C22H26N6O3/c1-14-11-15(2)20(24-16(14)3)26-7-9-27(10-8-26)21(30)17-5-6-18(23-12-17)28-13-19(29)25(4)22(28)31/h5-6,11-13,29H,7-10H2,1-4H3. The fraction of sp³-hybridized carbons (Fsp3) is 0.364. The minimum Gasteiger partial charge on any atom is -0.493 e. The van der Waals surface area contributed by atoms with Gasteiger partial charge in [-0.05, 0) is 44.0 Å². The minimum absolute atomic E-state index is 0.0910. The van der Waals surface area contributed by atoms with Gasteiger partial charge < -0.3 is 14.9 Å². The van der Waals surface area contributed by atoms with Gasteiger partial charge in [-0.1, -0.05) is 6.07 Å². The lowest BCUT2D eigenvalue weighted by Crippen LogP contribution is -2.49. The van der Waals surface area contributed by atoms with Crippen molar-refractivity contribution in [2.24, 2.45) is 7.05 Å². The third kappa shape index (κ3) is 3.78. The summed E-state index contributed by atoms with van der Waals surface area (Å²) in [5, 5.41) is 9.69. The highest BCUT2D eigenvalue weighted by molar-refractivity contribution is 5.94. The molecular formula is C22H26N6O3. The summed E-state index contributed by atoms with van der Waals surface area (Å²) in [6, 6.07) is 5.41. The van der Waals surface area contributed by atoms with E-state index < -0.39 is 5.69 Å². The van der Waals surface area contributed by atoms with Gasteiger partial charge in [-0.2, -0.15) is 0 Å². The van der Waals surface area contributed by atoms with Crippen molar-refractivity contribution in [2.75, 3.05) is 31.1 Å². The van der Waals surface area contributed by atoms with E-state index in [4.69, 9.17) is 4.98 Å². The van der Waals surface area contributed by atoms with Crippen molar-refractivity contribution in [3.05, 3.63) is 63.5 Å². The van der Waals surface area contributed by atoms with Crippen molar-refractivity contribution in [3.63, 3.8) is 0 Å². The van der Waals surface area contributed by atoms with Crippen LogP contribution in [-0.2, 0) is 7.05 Å². The number of carbonyl (C=O) groups excluding carboxylic acids is 1. The van der Waals surface area contributed by atoms with Crippen molar-refractivity contribution in [2.45, 2.75) is 20.8 Å². The number of anilines is 1. The van der Waals surface area contributed by atoms with Crippen LogP contribution in [0.3, 0.4) is 0 Å². The van der Waals surface area contributed by atoms with Crippen LogP contribution in [0.25, 0.3) is 5.82 Å². The van der Waals surface area contributed by atoms with Gasteiger partial charge in [0.05, 0.1) is 11.8 Å². The molecule has 9 nitrogen and oxygen atoms in total. The second-order valence-corrected chi connectivity index (χ2v) is 7.91. The maximum Gasteiger partial charge on any atom is 0.336 e. The minimum atomic E-state index is -0.407. The summed E-state index contributed by atoms with van der Waals surface area (Å²) in [6.45, 7) is 8.77. The molecule has 0 atom stereocenters. The van der Waals surface area contributed by atoms with E-state index in [0.29, 0.717) is 37.6 Å². The summed E-state index contributed by atoms with van der Waals surface area (Å²) in [5.41, 5.74) is 3.40. The first kappa shape index (κ1) is 20.6. The number of piperazine rings is 1. The lowest BCUT2D eigenvalue weighted by molar-refractivity contribution is 0.0746. The topological polar surface area (TPSA) is 96.5 Å². The largest absolute Gasteiger partial charge is 0.493 e. The Morgan fingerprint density at radius 2 is 1.77 bits per heavy atom. The molecule has 3 aromatic heterocycles. The summed E-state index contributed by atoms with van der Waals surface area (Å²) >= 11 is 0. The molecule has 4 heterocycles. The van der Waals surface area contributed by atoms with E-state index in [2.05, 4.69) is 29.8 Å². The predicted octanol–water partition coefficient (Wildman–Crippen LogP) is 1.56. The molecule has 3 aromatic rings. The quantitative estimate of drug-likeness (QED) is 0.688. The summed E-state index contributed by atoms with van der Waals surface area (Å²) in [6.07, 6.45) is 2.77. The number of rotatable bonds is 3. The van der Waals surface area contributed by atoms with Crippen LogP contribution in [0, 0.1) is 20.8 Å². The van der Waals surface area contributed by atoms with Gasteiger partial charge in [0.25, 0.3) is 5.91 Å². The van der Waals surface area contributed by atoms with Crippen LogP contribution >= 0.6 is 0 Å². The number of aryl methyl sites for hydroxylation is 3. The average molecular weight is 422 g/mol. The number of hydrogen-bond acceptors (Lipinski definition) is 6. The van der Waals surface area contributed by atoms with Gasteiger partial charge in [0.1, 0.15) is 11.6 Å². The number of carbonyl (C=O) groups is 1. The Bertz CT molecular complexity index is 1190. The highest BCUT2D eigenvalue weighted by Crippen LogP contribution is 2.22. The van der Waals surface area contributed by atoms with Crippen LogP contribution in [-0.4, -0.2) is 61.2 Å². The van der Waals surface area contributed by atoms with Crippen LogP contribution in [0.5, 0.6) is 5.88 Å². The van der Waals surface area contributed by atoms with Crippen molar-refractivity contribution in [1.29, 1.82) is 0 Å². The van der Waals surface area contributed by atoms with E-state index in [1.54, 1.807) is 12.1 Å². The van der Waals surface area contributed by atoms with E-state index in [1.807, 2.05) is 11.8 Å². The Kier molecular flexibility index (Phi) is 5.26. The molecule has 31 heavy (non-hydrogen) atoms. The van der Waals surface area contributed by atoms with Gasteiger partial charge in [0.2, 0.25) is 5.88 Å². The third-order valence-electron chi connectivity index (χ3n) is 5.82. The van der Waals surface area contributed by atoms with Crippen LogP contribution in [0.2, 0.25) is 0 Å². The van der Waals surface area contributed by atoms with Crippen molar-refractivity contribution in [3.8, 4) is 11.7 Å². The molecule has 9 heteroatoms. The van der Waals surface area contributed by atoms with Gasteiger partial charge in [0, 0.05) is 45.1 Å². The van der Waals surface area contributed by atoms with Gasteiger partial charge in [-0.15, -0.1) is 0 Å². The summed E-state index contributed by atoms with van der Waals surface area (Å²) < 4.78 is 2.35. The fourth-order valence-corrected chi connectivity index (χ4v) is 3.79. The highest BCUT2D eigenvalue weighted by Gasteiger charge is 2.24. The van der Waals surface area contributed by atoms with Crippen molar-refractivity contribution < 1.29 is 9.90 Å². The number of amides is 1. The average Bonchev–Trinajstić information content (AvgIpc) is 3.03. The summed E-state index contributed by atoms with van der Waals surface area (Å²) in [7, 11) is 1.47. The molecule has 0 spiro atoms. The molecule has 0 aromatic carbocycles. The number of imidazole rings is 1. The number of aromatic hydroxyl groups is 1. The van der Waals surface area contributed by atoms with Gasteiger partial charge in [-0.3, -0.25) is 9.36 Å². The highest BCUT2D eigenvalue weighted by atomic mass is 16.3. The molecule has 0 bridgehead atoms. The Balaban J connectivity index is 1.45. The SMILES string of the molecule is Cc1cc(C)c(N2CCN(C(=O)c3ccc(-n4cc(O)n(C)c4=O)nc3)CC2)nc1C. The van der Waals surface area contributed by atoms with E-state index in [0.717, 1.165) is 21.6 Å². The number of nitrogens with zero attached hydrogens (tertiary/aromatic N) is 6. The predicted molar refractivity (Wildman–Crippen MR) is 117 cm³/mol. The Labute approximate surface area is 180 Å². The second kappa shape index (κ2) is 7.90. The normalized spacial score (nSPS) is 14.2. The molecule has 0 aliphatic carbocycles. The van der Waals surface area contributed by atoms with E-state index in [-0.39, 0.29) is 11.8 Å². The molecule has 0 saturated carbocycles. The summed E-state index contributed by atoms with van der Waals surface area (Å²) in [4.78, 5) is 38.0. The molecule has 0 unspecified atom stereocenters. The van der Waals surface area contributed by atoms with Gasteiger partial charge >= 0.3 is 5.69 Å². The first-order valence-electron chi connectivity index (χ1n) is 10.2. The summed E-state index contributed by atoms with van der Waals surface area (Å²) in [5.74, 6) is 1.08. The molecule has 1 amide bonds. The molecule has 1 aliphatic rings. The number of pyridine rings is 2. The first-order chi connectivity index (χ1) is 14.8. The van der Waals surface area contributed by atoms with Gasteiger partial charge in [-0.25, -0.2) is 19.3 Å². The molecule has 1 aliphatic heterocycles. The first-order valence-corrected chi connectivity index (χ1v) is 10.2.